The maximum atomic E-state index is 5.79. The quantitative estimate of drug-likeness (QED) is 0.637. The standard InChI is InChI=1S/C20H21N5O/c1-2-5-16(6-3-1)24-17-8-9-18(20-7-4-12-26-20)19(13-17)22-10-11-25-15-21-14-23-25/h1-9,13-15,20,22,24H,10-12H2. The van der Waals surface area contributed by atoms with E-state index in [1.54, 1.807) is 12.7 Å². The van der Waals surface area contributed by atoms with Gasteiger partial charge in [-0.1, -0.05) is 36.4 Å². The maximum absolute atomic E-state index is 5.79. The van der Waals surface area contributed by atoms with Crippen LogP contribution in [0, 0.1) is 0 Å². The molecule has 3 aromatic rings. The minimum Gasteiger partial charge on any atom is -0.383 e. The van der Waals surface area contributed by atoms with E-state index in [1.165, 1.54) is 0 Å². The Hall–Kier alpha value is -3.12. The molecule has 132 valence electrons. The second-order valence-electron chi connectivity index (χ2n) is 6.06. The van der Waals surface area contributed by atoms with Gasteiger partial charge in [-0.2, -0.15) is 5.10 Å². The van der Waals surface area contributed by atoms with Gasteiger partial charge in [0.15, 0.2) is 0 Å². The van der Waals surface area contributed by atoms with Gasteiger partial charge in [-0.25, -0.2) is 4.98 Å². The summed E-state index contributed by atoms with van der Waals surface area (Å²) in [5.74, 6) is 0. The van der Waals surface area contributed by atoms with Crippen molar-refractivity contribution < 1.29 is 4.74 Å². The number of rotatable bonds is 7. The summed E-state index contributed by atoms with van der Waals surface area (Å²) in [7, 11) is 0. The van der Waals surface area contributed by atoms with Gasteiger partial charge in [0, 0.05) is 29.2 Å². The lowest BCUT2D eigenvalue weighted by molar-refractivity contribution is 0.130. The van der Waals surface area contributed by atoms with E-state index in [9.17, 15) is 0 Å². The number of hydrogen-bond donors (Lipinski definition) is 2. The van der Waals surface area contributed by atoms with Crippen molar-refractivity contribution in [3.05, 3.63) is 78.9 Å². The van der Waals surface area contributed by atoms with Gasteiger partial charge in [0.05, 0.1) is 13.2 Å². The molecule has 1 aromatic heterocycles. The average Bonchev–Trinajstić information content (AvgIpc) is 3.37. The maximum Gasteiger partial charge on any atom is 0.137 e. The zero-order valence-corrected chi connectivity index (χ0v) is 14.4. The molecule has 1 atom stereocenters. The summed E-state index contributed by atoms with van der Waals surface area (Å²) in [6.45, 7) is 2.16. The van der Waals surface area contributed by atoms with Crippen LogP contribution in [0.5, 0.6) is 0 Å². The van der Waals surface area contributed by atoms with Crippen LogP contribution in [-0.2, 0) is 11.3 Å². The highest BCUT2D eigenvalue weighted by Gasteiger charge is 2.16. The molecule has 0 saturated carbocycles. The highest BCUT2D eigenvalue weighted by molar-refractivity contribution is 5.67. The molecular weight excluding hydrogens is 326 g/mol. The molecule has 1 unspecified atom stereocenters. The van der Waals surface area contributed by atoms with Gasteiger partial charge in [-0.3, -0.25) is 4.68 Å². The third-order valence-corrected chi connectivity index (χ3v) is 4.23. The lowest BCUT2D eigenvalue weighted by Crippen LogP contribution is -2.13. The number of benzene rings is 2. The van der Waals surface area contributed by atoms with Gasteiger partial charge in [0.2, 0.25) is 0 Å². The van der Waals surface area contributed by atoms with E-state index < -0.39 is 0 Å². The minimum atomic E-state index is -0.00496. The van der Waals surface area contributed by atoms with Crippen LogP contribution in [-0.4, -0.2) is 27.9 Å². The lowest BCUT2D eigenvalue weighted by Gasteiger charge is -2.18. The molecule has 6 heteroatoms. The van der Waals surface area contributed by atoms with E-state index in [0.717, 1.165) is 35.7 Å². The average molecular weight is 347 g/mol. The topological polar surface area (TPSA) is 64.0 Å². The summed E-state index contributed by atoms with van der Waals surface area (Å²) in [5.41, 5.74) is 4.29. The Morgan fingerprint density at radius 3 is 2.81 bits per heavy atom. The molecule has 4 rings (SSSR count). The summed E-state index contributed by atoms with van der Waals surface area (Å²) in [6, 6.07) is 16.5. The molecule has 2 heterocycles. The number of nitrogens with zero attached hydrogens (tertiary/aromatic N) is 3. The van der Waals surface area contributed by atoms with E-state index in [4.69, 9.17) is 4.74 Å². The number of anilines is 3. The second-order valence-corrected chi connectivity index (χ2v) is 6.06. The molecule has 0 aliphatic carbocycles. The van der Waals surface area contributed by atoms with Crippen molar-refractivity contribution in [2.75, 3.05) is 23.8 Å². The van der Waals surface area contributed by atoms with Crippen molar-refractivity contribution >= 4 is 17.1 Å². The first kappa shape index (κ1) is 16.4. The van der Waals surface area contributed by atoms with Crippen LogP contribution in [0.15, 0.2) is 73.3 Å². The smallest absolute Gasteiger partial charge is 0.137 e. The first-order chi connectivity index (χ1) is 12.9. The van der Waals surface area contributed by atoms with Crippen molar-refractivity contribution in [3.63, 3.8) is 0 Å². The van der Waals surface area contributed by atoms with E-state index in [0.29, 0.717) is 6.61 Å². The first-order valence-corrected chi connectivity index (χ1v) is 8.69. The third kappa shape index (κ3) is 3.92. The third-order valence-electron chi connectivity index (χ3n) is 4.23. The number of nitrogens with one attached hydrogen (secondary N) is 2. The Bertz CT molecular complexity index is 861. The zero-order valence-electron chi connectivity index (χ0n) is 14.4. The largest absolute Gasteiger partial charge is 0.383 e. The number of aromatic nitrogens is 3. The van der Waals surface area contributed by atoms with Crippen LogP contribution in [0.1, 0.15) is 11.7 Å². The highest BCUT2D eigenvalue weighted by Crippen LogP contribution is 2.32. The van der Waals surface area contributed by atoms with Gasteiger partial charge < -0.3 is 15.4 Å². The fourth-order valence-electron chi connectivity index (χ4n) is 2.96. The molecule has 0 radical (unpaired) electrons. The minimum absolute atomic E-state index is 0.00496. The summed E-state index contributed by atoms with van der Waals surface area (Å²) < 4.78 is 7.60. The van der Waals surface area contributed by atoms with Gasteiger partial charge in [-0.05, 0) is 24.3 Å². The Morgan fingerprint density at radius 1 is 1.12 bits per heavy atom. The Balaban J connectivity index is 1.52. The van der Waals surface area contributed by atoms with Gasteiger partial charge in [-0.15, -0.1) is 0 Å². The Kier molecular flexibility index (Phi) is 4.93. The van der Waals surface area contributed by atoms with Crippen molar-refractivity contribution in [3.8, 4) is 0 Å². The summed E-state index contributed by atoms with van der Waals surface area (Å²) in [4.78, 5) is 3.97. The summed E-state index contributed by atoms with van der Waals surface area (Å²) in [6.07, 6.45) is 7.42. The Morgan fingerprint density at radius 2 is 2.04 bits per heavy atom. The number of hydrogen-bond acceptors (Lipinski definition) is 5. The van der Waals surface area contributed by atoms with E-state index >= 15 is 0 Å². The molecule has 2 N–H and O–H groups in total. The van der Waals surface area contributed by atoms with Gasteiger partial charge >= 0.3 is 0 Å². The molecule has 0 fully saturated rings. The van der Waals surface area contributed by atoms with Crippen LogP contribution in [0.3, 0.4) is 0 Å². The number of ether oxygens (including phenoxy) is 1. The predicted octanol–water partition coefficient (Wildman–Crippen LogP) is 3.76. The van der Waals surface area contributed by atoms with Crippen LogP contribution in [0.25, 0.3) is 0 Å². The molecule has 1 aliphatic rings. The molecule has 0 amide bonds. The second kappa shape index (κ2) is 7.84. The van der Waals surface area contributed by atoms with Crippen LogP contribution >= 0.6 is 0 Å². The molecule has 6 nitrogen and oxygen atoms in total. The van der Waals surface area contributed by atoms with E-state index in [1.807, 2.05) is 22.9 Å². The zero-order chi connectivity index (χ0) is 17.6. The number of para-hydroxylation sites is 1. The molecule has 1 aliphatic heterocycles. The lowest BCUT2D eigenvalue weighted by atomic mass is 10.1. The molecule has 0 saturated heterocycles. The molecule has 0 spiro atoms. The first-order valence-electron chi connectivity index (χ1n) is 8.69. The summed E-state index contributed by atoms with van der Waals surface area (Å²) >= 11 is 0. The van der Waals surface area contributed by atoms with Crippen LogP contribution < -0.4 is 10.6 Å². The van der Waals surface area contributed by atoms with Gasteiger partial charge in [0.25, 0.3) is 0 Å². The molecule has 2 aromatic carbocycles. The van der Waals surface area contributed by atoms with Crippen LogP contribution in [0.4, 0.5) is 17.1 Å². The SMILES string of the molecule is C1=CC(c2ccc(Nc3ccccc3)cc2NCCn2cncn2)OC1. The van der Waals surface area contributed by atoms with Crippen molar-refractivity contribution in [1.82, 2.24) is 14.8 Å². The fourth-order valence-corrected chi connectivity index (χ4v) is 2.96. The van der Waals surface area contributed by atoms with E-state index in [2.05, 4.69) is 63.2 Å². The molecule has 26 heavy (non-hydrogen) atoms. The predicted molar refractivity (Wildman–Crippen MR) is 103 cm³/mol. The normalized spacial score (nSPS) is 15.9. The van der Waals surface area contributed by atoms with Crippen LogP contribution in [0.2, 0.25) is 0 Å². The fraction of sp³-hybridized carbons (Fsp3) is 0.200. The monoisotopic (exact) mass is 347 g/mol. The highest BCUT2D eigenvalue weighted by atomic mass is 16.5. The van der Waals surface area contributed by atoms with Crippen molar-refractivity contribution in [1.29, 1.82) is 0 Å². The van der Waals surface area contributed by atoms with Crippen molar-refractivity contribution in [2.24, 2.45) is 0 Å². The Labute approximate surface area is 152 Å². The van der Waals surface area contributed by atoms with Crippen molar-refractivity contribution in [2.45, 2.75) is 12.6 Å². The molecule has 0 bridgehead atoms. The molecular formula is C20H21N5O. The van der Waals surface area contributed by atoms with Gasteiger partial charge in [0.1, 0.15) is 18.8 Å². The summed E-state index contributed by atoms with van der Waals surface area (Å²) in [5, 5.41) is 11.1. The van der Waals surface area contributed by atoms with E-state index in [-0.39, 0.29) is 6.10 Å².